The number of pyridine rings is 1. The number of ether oxygens (including phenoxy) is 2. The van der Waals surface area contributed by atoms with E-state index in [0.29, 0.717) is 33.4 Å². The molecule has 0 bridgehead atoms. The average molecular weight is 367 g/mol. The number of nitrogens with zero attached hydrogens (tertiary/aromatic N) is 1. The summed E-state index contributed by atoms with van der Waals surface area (Å²) in [6.45, 7) is 0.180. The van der Waals surface area contributed by atoms with Crippen molar-refractivity contribution >= 4 is 45.2 Å². The van der Waals surface area contributed by atoms with Gasteiger partial charge in [-0.15, -0.1) is 0 Å². The number of amides is 1. The van der Waals surface area contributed by atoms with Crippen molar-refractivity contribution in [2.24, 2.45) is 0 Å². The maximum Gasteiger partial charge on any atom is 0.291 e. The number of hydrogen-bond donors (Lipinski definition) is 1. The maximum absolute atomic E-state index is 12.5. The Morgan fingerprint density at radius 3 is 2.81 bits per heavy atom. The number of benzene rings is 2. The molecule has 1 amide bonds. The van der Waals surface area contributed by atoms with E-state index in [0.717, 1.165) is 10.8 Å². The van der Waals surface area contributed by atoms with Crippen LogP contribution in [0.15, 0.2) is 52.9 Å². The average Bonchev–Trinajstić information content (AvgIpc) is 3.25. The van der Waals surface area contributed by atoms with Gasteiger partial charge < -0.3 is 19.2 Å². The number of hydrogen-bond acceptors (Lipinski definition) is 5. The third-order valence-corrected chi connectivity index (χ3v) is 4.35. The second kappa shape index (κ2) is 5.64. The second-order valence-corrected chi connectivity index (χ2v) is 6.29. The van der Waals surface area contributed by atoms with Crippen LogP contribution in [0.25, 0.3) is 22.0 Å². The first-order chi connectivity index (χ1) is 12.7. The maximum atomic E-state index is 12.5. The molecule has 6 nitrogen and oxygen atoms in total. The highest BCUT2D eigenvalue weighted by Crippen LogP contribution is 2.34. The van der Waals surface area contributed by atoms with E-state index in [1.165, 1.54) is 0 Å². The van der Waals surface area contributed by atoms with Crippen LogP contribution in [-0.2, 0) is 0 Å². The van der Waals surface area contributed by atoms with E-state index >= 15 is 0 Å². The van der Waals surface area contributed by atoms with Gasteiger partial charge >= 0.3 is 0 Å². The number of carbonyl (C=O) groups excluding carboxylic acids is 1. The smallest absolute Gasteiger partial charge is 0.291 e. The standard InChI is InChI=1S/C19H11ClN2O4/c20-12-2-1-10-5-11-6-17(26-19(11)22-14(10)7-12)18(23)21-13-3-4-15-16(8-13)25-9-24-15/h1-8H,9H2,(H,21,23). The molecule has 0 saturated carbocycles. The zero-order valence-corrected chi connectivity index (χ0v) is 14.0. The summed E-state index contributed by atoms with van der Waals surface area (Å²) in [5, 5.41) is 5.04. The molecular weight excluding hydrogens is 356 g/mol. The lowest BCUT2D eigenvalue weighted by molar-refractivity contribution is 0.0998. The predicted octanol–water partition coefficient (Wildman–Crippen LogP) is 4.62. The van der Waals surface area contributed by atoms with Crippen LogP contribution in [0, 0.1) is 0 Å². The normalized spacial score (nSPS) is 12.7. The SMILES string of the molecule is O=C(Nc1ccc2c(c1)OCO2)c1cc2cc3ccc(Cl)cc3nc2o1. The monoisotopic (exact) mass is 366 g/mol. The van der Waals surface area contributed by atoms with Crippen LogP contribution in [0.3, 0.4) is 0 Å². The minimum atomic E-state index is -0.371. The van der Waals surface area contributed by atoms with Gasteiger partial charge in [0, 0.05) is 27.5 Å². The summed E-state index contributed by atoms with van der Waals surface area (Å²) in [7, 11) is 0. The molecule has 0 fully saturated rings. The molecule has 5 rings (SSSR count). The molecular formula is C19H11ClN2O4. The van der Waals surface area contributed by atoms with Crippen LogP contribution in [0.1, 0.15) is 10.6 Å². The van der Waals surface area contributed by atoms with Gasteiger partial charge in [0.2, 0.25) is 12.5 Å². The van der Waals surface area contributed by atoms with Crippen LogP contribution < -0.4 is 14.8 Å². The molecule has 0 unspecified atom stereocenters. The van der Waals surface area contributed by atoms with Crippen LogP contribution in [-0.4, -0.2) is 17.7 Å². The fourth-order valence-corrected chi connectivity index (χ4v) is 3.04. The summed E-state index contributed by atoms with van der Waals surface area (Å²) in [5.74, 6) is 1.05. The van der Waals surface area contributed by atoms with Crippen LogP contribution in [0.5, 0.6) is 11.5 Å². The van der Waals surface area contributed by atoms with E-state index in [9.17, 15) is 4.79 Å². The van der Waals surface area contributed by atoms with Crippen molar-refractivity contribution in [1.82, 2.24) is 4.98 Å². The van der Waals surface area contributed by atoms with Crippen LogP contribution >= 0.6 is 11.6 Å². The van der Waals surface area contributed by atoms with Gasteiger partial charge in [-0.3, -0.25) is 4.79 Å². The number of anilines is 1. The third kappa shape index (κ3) is 2.51. The molecule has 26 heavy (non-hydrogen) atoms. The van der Waals surface area contributed by atoms with Crippen molar-refractivity contribution in [1.29, 1.82) is 0 Å². The summed E-state index contributed by atoms with van der Waals surface area (Å²) in [5.41, 5.74) is 1.68. The first kappa shape index (κ1) is 15.0. The predicted molar refractivity (Wildman–Crippen MR) is 97.0 cm³/mol. The van der Waals surface area contributed by atoms with Crippen molar-refractivity contribution in [2.45, 2.75) is 0 Å². The van der Waals surface area contributed by atoms with Crippen molar-refractivity contribution in [2.75, 3.05) is 12.1 Å². The minimum absolute atomic E-state index is 0.173. The highest BCUT2D eigenvalue weighted by Gasteiger charge is 2.17. The third-order valence-electron chi connectivity index (χ3n) is 4.12. The first-order valence-electron chi connectivity index (χ1n) is 7.86. The van der Waals surface area contributed by atoms with Crippen molar-refractivity contribution in [3.05, 3.63) is 59.3 Å². The second-order valence-electron chi connectivity index (χ2n) is 5.85. The molecule has 3 heterocycles. The van der Waals surface area contributed by atoms with Gasteiger partial charge in [0.15, 0.2) is 17.3 Å². The summed E-state index contributed by atoms with van der Waals surface area (Å²) < 4.78 is 16.2. The first-order valence-corrected chi connectivity index (χ1v) is 8.24. The minimum Gasteiger partial charge on any atom is -0.454 e. The molecule has 128 valence electrons. The van der Waals surface area contributed by atoms with Gasteiger partial charge in [-0.1, -0.05) is 17.7 Å². The molecule has 2 aromatic carbocycles. The number of halogens is 1. The van der Waals surface area contributed by atoms with Crippen LogP contribution in [0.4, 0.5) is 5.69 Å². The summed E-state index contributed by atoms with van der Waals surface area (Å²) in [4.78, 5) is 16.9. The van der Waals surface area contributed by atoms with Crippen LogP contribution in [0.2, 0.25) is 5.02 Å². The van der Waals surface area contributed by atoms with E-state index in [4.69, 9.17) is 25.5 Å². The molecule has 7 heteroatoms. The highest BCUT2D eigenvalue weighted by molar-refractivity contribution is 6.31. The van der Waals surface area contributed by atoms with Gasteiger partial charge in [0.1, 0.15) is 0 Å². The van der Waals surface area contributed by atoms with E-state index in [2.05, 4.69) is 10.3 Å². The van der Waals surface area contributed by atoms with E-state index in [-0.39, 0.29) is 18.5 Å². The molecule has 4 aromatic rings. The zero-order valence-electron chi connectivity index (χ0n) is 13.3. The number of rotatable bonds is 2. The lowest BCUT2D eigenvalue weighted by Crippen LogP contribution is -2.10. The number of carbonyl (C=O) groups is 1. The van der Waals surface area contributed by atoms with Gasteiger partial charge in [-0.05, 0) is 36.4 Å². The number of fused-ring (bicyclic) bond motifs is 3. The number of nitrogens with one attached hydrogen (secondary N) is 1. The quantitative estimate of drug-likeness (QED) is 0.560. The molecule has 0 saturated heterocycles. The topological polar surface area (TPSA) is 73.6 Å². The fraction of sp³-hybridized carbons (Fsp3) is 0.0526. The molecule has 2 aromatic heterocycles. The Morgan fingerprint density at radius 2 is 1.88 bits per heavy atom. The molecule has 0 spiro atoms. The molecule has 1 N–H and O–H groups in total. The van der Waals surface area contributed by atoms with Gasteiger partial charge in [-0.2, -0.15) is 0 Å². The lowest BCUT2D eigenvalue weighted by Gasteiger charge is -2.04. The molecule has 1 aliphatic rings. The van der Waals surface area contributed by atoms with E-state index < -0.39 is 0 Å². The molecule has 0 radical (unpaired) electrons. The Hall–Kier alpha value is -3.25. The van der Waals surface area contributed by atoms with E-state index in [1.807, 2.05) is 12.1 Å². The Labute approximate surface area is 152 Å². The molecule has 1 aliphatic heterocycles. The number of furan rings is 1. The van der Waals surface area contributed by atoms with Gasteiger partial charge in [-0.25, -0.2) is 4.98 Å². The summed E-state index contributed by atoms with van der Waals surface area (Å²) >= 11 is 6.00. The fourth-order valence-electron chi connectivity index (χ4n) is 2.88. The Kier molecular flexibility index (Phi) is 3.26. The number of aromatic nitrogens is 1. The Balaban J connectivity index is 1.48. The molecule has 0 atom stereocenters. The summed E-state index contributed by atoms with van der Waals surface area (Å²) in [6.07, 6.45) is 0. The van der Waals surface area contributed by atoms with E-state index in [1.54, 1.807) is 36.4 Å². The molecule has 0 aliphatic carbocycles. The van der Waals surface area contributed by atoms with Crippen molar-refractivity contribution < 1.29 is 18.7 Å². The van der Waals surface area contributed by atoms with Crippen molar-refractivity contribution in [3.63, 3.8) is 0 Å². The Bertz CT molecular complexity index is 1190. The highest BCUT2D eigenvalue weighted by atomic mass is 35.5. The Morgan fingerprint density at radius 1 is 1.00 bits per heavy atom. The van der Waals surface area contributed by atoms with Crippen molar-refractivity contribution in [3.8, 4) is 11.5 Å². The van der Waals surface area contributed by atoms with Gasteiger partial charge in [0.05, 0.1) is 5.52 Å². The summed E-state index contributed by atoms with van der Waals surface area (Å²) in [6, 6.07) is 14.2. The lowest BCUT2D eigenvalue weighted by atomic mass is 10.2. The van der Waals surface area contributed by atoms with Gasteiger partial charge in [0.25, 0.3) is 5.91 Å². The zero-order chi connectivity index (χ0) is 17.7. The largest absolute Gasteiger partial charge is 0.454 e.